The maximum absolute atomic E-state index is 12.7. The Kier molecular flexibility index (Phi) is 5.29. The van der Waals surface area contributed by atoms with Crippen LogP contribution < -0.4 is 10.1 Å². The highest BCUT2D eigenvalue weighted by molar-refractivity contribution is 6.34. The molecular weight excluding hydrogens is 429 g/mol. The Labute approximate surface area is 182 Å². The van der Waals surface area contributed by atoms with Crippen LogP contribution in [0.25, 0.3) is 5.52 Å². The number of amides is 2. The maximum Gasteiger partial charge on any atom is 0.263 e. The predicted octanol–water partition coefficient (Wildman–Crippen LogP) is 2.83. The third-order valence-corrected chi connectivity index (χ3v) is 5.31. The van der Waals surface area contributed by atoms with Crippen LogP contribution in [0, 0.1) is 0 Å². The summed E-state index contributed by atoms with van der Waals surface area (Å²) in [4.78, 5) is 31.0. The summed E-state index contributed by atoms with van der Waals surface area (Å²) in [6.07, 6.45) is 5.64. The largest absolute Gasteiger partial charge is 0.481 e. The Hall–Kier alpha value is -2.84. The lowest BCUT2D eigenvalue weighted by molar-refractivity contribution is -0.145. The van der Waals surface area contributed by atoms with Crippen LogP contribution in [0.4, 0.5) is 0 Å². The van der Waals surface area contributed by atoms with Gasteiger partial charge >= 0.3 is 0 Å². The highest BCUT2D eigenvalue weighted by Crippen LogP contribution is 2.27. The van der Waals surface area contributed by atoms with Crippen LogP contribution in [0.1, 0.15) is 24.2 Å². The second kappa shape index (κ2) is 7.77. The number of aromatic nitrogens is 3. The third kappa shape index (κ3) is 4.06. The van der Waals surface area contributed by atoms with E-state index < -0.39 is 11.6 Å². The molecule has 3 heterocycles. The average molecular weight is 448 g/mol. The number of hydrogen-bond acceptors (Lipinski definition) is 5. The molecule has 0 radical (unpaired) electrons. The van der Waals surface area contributed by atoms with Gasteiger partial charge in [0.05, 0.1) is 29.0 Å². The number of carbonyl (C=O) groups excluding carboxylic acids is 2. The van der Waals surface area contributed by atoms with Crippen molar-refractivity contribution in [3.63, 3.8) is 0 Å². The minimum Gasteiger partial charge on any atom is -0.481 e. The van der Waals surface area contributed by atoms with E-state index in [9.17, 15) is 9.59 Å². The van der Waals surface area contributed by atoms with Crippen molar-refractivity contribution in [2.24, 2.45) is 0 Å². The van der Waals surface area contributed by atoms with E-state index in [1.54, 1.807) is 53.1 Å². The molecule has 4 rings (SSSR count). The molecule has 1 saturated heterocycles. The lowest BCUT2D eigenvalue weighted by atomic mass is 9.91. The van der Waals surface area contributed by atoms with Crippen molar-refractivity contribution in [2.75, 3.05) is 13.1 Å². The van der Waals surface area contributed by atoms with Gasteiger partial charge in [0.15, 0.2) is 6.10 Å². The number of rotatable bonds is 5. The van der Waals surface area contributed by atoms with E-state index in [0.29, 0.717) is 40.0 Å². The number of carbonyl (C=O) groups is 2. The van der Waals surface area contributed by atoms with Gasteiger partial charge in [-0.05, 0) is 32.0 Å². The van der Waals surface area contributed by atoms with Crippen molar-refractivity contribution < 1.29 is 14.3 Å². The Balaban J connectivity index is 1.35. The van der Waals surface area contributed by atoms with Crippen LogP contribution in [-0.4, -0.2) is 56.0 Å². The van der Waals surface area contributed by atoms with Crippen molar-refractivity contribution in [3.8, 4) is 5.75 Å². The monoisotopic (exact) mass is 447 g/mol. The molecule has 1 aliphatic heterocycles. The van der Waals surface area contributed by atoms with Gasteiger partial charge in [-0.25, -0.2) is 4.52 Å². The first kappa shape index (κ1) is 20.4. The topological polar surface area (TPSA) is 88.8 Å². The molecule has 1 N–H and O–H groups in total. The molecule has 1 aromatic carbocycles. The fraction of sp³-hybridized carbons (Fsp3) is 0.300. The van der Waals surface area contributed by atoms with Gasteiger partial charge in [-0.15, -0.1) is 0 Å². The van der Waals surface area contributed by atoms with Gasteiger partial charge in [0.2, 0.25) is 0 Å². The zero-order valence-electron chi connectivity index (χ0n) is 16.3. The Bertz CT molecular complexity index is 1110. The van der Waals surface area contributed by atoms with E-state index in [4.69, 9.17) is 27.9 Å². The number of nitrogens with one attached hydrogen (secondary N) is 1. The Morgan fingerprint density at radius 3 is 2.60 bits per heavy atom. The molecule has 1 atom stereocenters. The highest BCUT2D eigenvalue weighted by atomic mass is 35.5. The number of halogens is 2. The zero-order valence-corrected chi connectivity index (χ0v) is 17.8. The van der Waals surface area contributed by atoms with Crippen LogP contribution >= 0.6 is 23.2 Å². The standard InChI is InChI=1S/C20H19Cl2N5O3/c1-12(30-15-6-13(21)5-14(22)7-15)19(29)26-10-20(2,11-26)25-18(28)16-8-24-27-4-3-23-9-17(16)27/h3-9,12H,10-11H2,1-2H3,(H,25,28). The number of benzene rings is 1. The Morgan fingerprint density at radius 1 is 1.20 bits per heavy atom. The first-order valence-electron chi connectivity index (χ1n) is 9.25. The summed E-state index contributed by atoms with van der Waals surface area (Å²) in [6, 6.07) is 4.79. The van der Waals surface area contributed by atoms with E-state index in [1.165, 1.54) is 6.20 Å². The fourth-order valence-electron chi connectivity index (χ4n) is 3.49. The molecule has 0 bridgehead atoms. The van der Waals surface area contributed by atoms with Crippen molar-refractivity contribution in [3.05, 3.63) is 58.6 Å². The molecule has 1 fully saturated rings. The van der Waals surface area contributed by atoms with Crippen molar-refractivity contribution in [1.29, 1.82) is 0 Å². The molecule has 0 aliphatic carbocycles. The SMILES string of the molecule is CC(Oc1cc(Cl)cc(Cl)c1)C(=O)N1CC(C)(NC(=O)c2cnn3ccncc23)C1. The van der Waals surface area contributed by atoms with Gasteiger partial charge in [0.25, 0.3) is 11.8 Å². The lowest BCUT2D eigenvalue weighted by Crippen LogP contribution is -2.70. The first-order chi connectivity index (χ1) is 14.2. The molecule has 3 aromatic rings. The number of fused-ring (bicyclic) bond motifs is 1. The van der Waals surface area contributed by atoms with Crippen LogP contribution in [-0.2, 0) is 4.79 Å². The summed E-state index contributed by atoms with van der Waals surface area (Å²) in [5.41, 5.74) is 0.513. The highest BCUT2D eigenvalue weighted by Gasteiger charge is 2.44. The van der Waals surface area contributed by atoms with Crippen molar-refractivity contribution in [2.45, 2.75) is 25.5 Å². The third-order valence-electron chi connectivity index (χ3n) is 4.87. The van der Waals surface area contributed by atoms with Gasteiger partial charge in [0, 0.05) is 35.5 Å². The number of likely N-dealkylation sites (tertiary alicyclic amines) is 1. The number of ether oxygens (including phenoxy) is 1. The Morgan fingerprint density at radius 2 is 1.90 bits per heavy atom. The summed E-state index contributed by atoms with van der Waals surface area (Å²) in [6.45, 7) is 4.30. The predicted molar refractivity (Wildman–Crippen MR) is 112 cm³/mol. The molecule has 8 nitrogen and oxygen atoms in total. The summed E-state index contributed by atoms with van der Waals surface area (Å²) >= 11 is 11.9. The summed E-state index contributed by atoms with van der Waals surface area (Å²) in [5.74, 6) is -0.0184. The zero-order chi connectivity index (χ0) is 21.5. The second-order valence-corrected chi connectivity index (χ2v) is 8.41. The van der Waals surface area contributed by atoms with Gasteiger partial charge in [-0.1, -0.05) is 23.2 Å². The van der Waals surface area contributed by atoms with Crippen LogP contribution in [0.15, 0.2) is 43.0 Å². The molecule has 0 spiro atoms. The quantitative estimate of drug-likeness (QED) is 0.649. The van der Waals surface area contributed by atoms with E-state index in [2.05, 4.69) is 15.4 Å². The lowest BCUT2D eigenvalue weighted by Gasteiger charge is -2.48. The maximum atomic E-state index is 12.7. The number of hydrogen-bond donors (Lipinski definition) is 1. The van der Waals surface area contributed by atoms with Gasteiger partial charge in [-0.2, -0.15) is 5.10 Å². The van der Waals surface area contributed by atoms with E-state index in [-0.39, 0.29) is 11.8 Å². The summed E-state index contributed by atoms with van der Waals surface area (Å²) in [5, 5.41) is 7.99. The minimum absolute atomic E-state index is 0.182. The molecule has 1 aliphatic rings. The summed E-state index contributed by atoms with van der Waals surface area (Å²) in [7, 11) is 0. The molecule has 1 unspecified atom stereocenters. The second-order valence-electron chi connectivity index (χ2n) is 7.54. The van der Waals surface area contributed by atoms with E-state index in [1.807, 2.05) is 6.92 Å². The van der Waals surface area contributed by atoms with Crippen molar-refractivity contribution >= 4 is 40.5 Å². The van der Waals surface area contributed by atoms with Gasteiger partial charge < -0.3 is 15.0 Å². The molecule has 10 heteroatoms. The van der Waals surface area contributed by atoms with Crippen LogP contribution in [0.3, 0.4) is 0 Å². The van der Waals surface area contributed by atoms with Gasteiger partial charge in [-0.3, -0.25) is 14.6 Å². The first-order valence-corrected chi connectivity index (χ1v) is 10.0. The van der Waals surface area contributed by atoms with Crippen LogP contribution in [0.2, 0.25) is 10.0 Å². The smallest absolute Gasteiger partial charge is 0.263 e. The molecule has 30 heavy (non-hydrogen) atoms. The van der Waals surface area contributed by atoms with E-state index >= 15 is 0 Å². The van der Waals surface area contributed by atoms with Crippen LogP contribution in [0.5, 0.6) is 5.75 Å². The average Bonchev–Trinajstić information content (AvgIpc) is 3.08. The molecule has 2 amide bonds. The van der Waals surface area contributed by atoms with Crippen molar-refractivity contribution in [1.82, 2.24) is 24.8 Å². The molecule has 2 aromatic heterocycles. The number of nitrogens with zero attached hydrogens (tertiary/aromatic N) is 4. The molecular formula is C20H19Cl2N5O3. The van der Waals surface area contributed by atoms with E-state index in [0.717, 1.165) is 0 Å². The van der Waals surface area contributed by atoms with Gasteiger partial charge in [0.1, 0.15) is 5.75 Å². The molecule has 0 saturated carbocycles. The minimum atomic E-state index is -0.717. The fourth-order valence-corrected chi connectivity index (χ4v) is 4.00. The normalized spacial score (nSPS) is 16.1. The molecule has 156 valence electrons. The summed E-state index contributed by atoms with van der Waals surface area (Å²) < 4.78 is 7.27.